The summed E-state index contributed by atoms with van der Waals surface area (Å²) in [4.78, 5) is 0. The van der Waals surface area contributed by atoms with E-state index in [-0.39, 0.29) is 0 Å². The largest absolute Gasteiger partial charge is 0.102 e. The molecule has 0 aromatic carbocycles. The highest BCUT2D eigenvalue weighted by molar-refractivity contribution is 6.10. The molecule has 2 heteroatoms. The fourth-order valence-corrected chi connectivity index (χ4v) is 6.90. The highest BCUT2D eigenvalue weighted by Crippen LogP contribution is 2.98. The van der Waals surface area contributed by atoms with Gasteiger partial charge in [-0.05, 0) is 53.3 Å². The molecule has 0 N–H and O–H groups in total. The van der Waals surface area contributed by atoms with Crippen LogP contribution in [0.25, 0.3) is 0 Å². The standard InChI is InChI=1S/C13H22B2/c1-2-3-13-7(5-14)9-10(11(9)13)12(6-15)4-8(12)13/h7-11H,2-6,14-15H2,1H3/t7?,8?,9?,10?,11-,12?,13-/m1/s1. The fraction of sp³-hybridized carbons (Fsp3) is 1.00. The molecule has 0 radical (unpaired) electrons. The number of fused-ring (bicyclic) bond motifs is 4. The molecule has 0 aromatic rings. The van der Waals surface area contributed by atoms with Crippen molar-refractivity contribution in [3.05, 3.63) is 0 Å². The molecule has 4 aliphatic rings. The van der Waals surface area contributed by atoms with E-state index in [1.165, 1.54) is 42.7 Å². The van der Waals surface area contributed by atoms with Crippen LogP contribution in [0.5, 0.6) is 0 Å². The molecule has 0 bridgehead atoms. The van der Waals surface area contributed by atoms with E-state index in [9.17, 15) is 0 Å². The molecular weight excluding hydrogens is 178 g/mol. The molecule has 0 amide bonds. The Bertz CT molecular complexity index is 326. The monoisotopic (exact) mass is 200 g/mol. The third kappa shape index (κ3) is 0.660. The first-order chi connectivity index (χ1) is 7.28. The molecular formula is C13H22B2. The second kappa shape index (κ2) is 2.36. The van der Waals surface area contributed by atoms with Crippen molar-refractivity contribution in [2.24, 2.45) is 40.4 Å². The van der Waals surface area contributed by atoms with Crippen LogP contribution < -0.4 is 0 Å². The normalized spacial score (nSPS) is 66.9. The summed E-state index contributed by atoms with van der Waals surface area (Å²) in [7, 11) is 4.91. The molecule has 4 fully saturated rings. The van der Waals surface area contributed by atoms with Crippen LogP contribution in [-0.2, 0) is 0 Å². The number of hydrogen-bond donors (Lipinski definition) is 0. The summed E-state index contributed by atoms with van der Waals surface area (Å²) in [6.45, 7) is 2.40. The van der Waals surface area contributed by atoms with Gasteiger partial charge in [-0.1, -0.05) is 26.0 Å². The van der Waals surface area contributed by atoms with E-state index in [2.05, 4.69) is 22.6 Å². The average Bonchev–Trinajstić information content (AvgIpc) is 3.07. The lowest BCUT2D eigenvalue weighted by atomic mass is 9.51. The molecule has 0 spiro atoms. The molecule has 0 saturated heterocycles. The molecule has 4 rings (SSSR count). The molecule has 5 unspecified atom stereocenters. The number of hydrogen-bond acceptors (Lipinski definition) is 0. The van der Waals surface area contributed by atoms with Gasteiger partial charge in [0.05, 0.1) is 0 Å². The lowest BCUT2D eigenvalue weighted by molar-refractivity contribution is -0.0178. The van der Waals surface area contributed by atoms with Gasteiger partial charge in [0.1, 0.15) is 15.7 Å². The van der Waals surface area contributed by atoms with Crippen LogP contribution in [0, 0.1) is 40.4 Å². The van der Waals surface area contributed by atoms with E-state index in [4.69, 9.17) is 0 Å². The highest BCUT2D eigenvalue weighted by Gasteiger charge is 2.93. The predicted octanol–water partition coefficient (Wildman–Crippen LogP) is 1.39. The van der Waals surface area contributed by atoms with Crippen molar-refractivity contribution in [2.45, 2.75) is 38.8 Å². The highest BCUT2D eigenvalue weighted by atomic mass is 15.0. The first kappa shape index (κ1) is 9.19. The Morgan fingerprint density at radius 2 is 2.07 bits per heavy atom. The minimum atomic E-state index is 0.884. The molecule has 0 nitrogen and oxygen atoms in total. The Hall–Kier alpha value is 0.130. The van der Waals surface area contributed by atoms with Crippen LogP contribution in [0.4, 0.5) is 0 Å². The second-order valence-corrected chi connectivity index (χ2v) is 6.85. The predicted molar refractivity (Wildman–Crippen MR) is 68.5 cm³/mol. The topological polar surface area (TPSA) is 0 Å². The minimum Gasteiger partial charge on any atom is -0.0775 e. The maximum absolute atomic E-state index is 2.46. The van der Waals surface area contributed by atoms with Crippen molar-refractivity contribution in [3.63, 3.8) is 0 Å². The van der Waals surface area contributed by atoms with Crippen LogP contribution in [0.15, 0.2) is 0 Å². The molecule has 7 atom stereocenters. The van der Waals surface area contributed by atoms with Crippen molar-refractivity contribution in [3.8, 4) is 0 Å². The SMILES string of the molecule is BCC1C2C3[C@@H]2[C@@]1(CCC)C1CC31CB. The van der Waals surface area contributed by atoms with Crippen molar-refractivity contribution in [1.29, 1.82) is 0 Å². The summed E-state index contributed by atoms with van der Waals surface area (Å²) in [5.74, 6) is 5.98. The van der Waals surface area contributed by atoms with E-state index < -0.39 is 0 Å². The average molecular weight is 200 g/mol. The maximum atomic E-state index is 2.46. The van der Waals surface area contributed by atoms with Crippen LogP contribution in [0.1, 0.15) is 26.2 Å². The second-order valence-electron chi connectivity index (χ2n) is 6.85. The summed E-state index contributed by atoms with van der Waals surface area (Å²) >= 11 is 0. The van der Waals surface area contributed by atoms with Gasteiger partial charge in [-0.2, -0.15) is 0 Å². The molecule has 4 saturated carbocycles. The first-order valence-electron chi connectivity index (χ1n) is 7.28. The van der Waals surface area contributed by atoms with E-state index in [0.717, 1.165) is 16.7 Å². The van der Waals surface area contributed by atoms with Gasteiger partial charge in [-0.3, -0.25) is 0 Å². The van der Waals surface area contributed by atoms with Gasteiger partial charge in [0, 0.05) is 0 Å². The van der Waals surface area contributed by atoms with Gasteiger partial charge < -0.3 is 0 Å². The lowest BCUT2D eigenvalue weighted by Gasteiger charge is -2.51. The lowest BCUT2D eigenvalue weighted by Crippen LogP contribution is -2.46. The minimum absolute atomic E-state index is 0.884. The summed E-state index contributed by atoms with van der Waals surface area (Å²) in [5.41, 5.74) is 1.78. The van der Waals surface area contributed by atoms with Gasteiger partial charge >= 0.3 is 0 Å². The Morgan fingerprint density at radius 3 is 2.67 bits per heavy atom. The quantitative estimate of drug-likeness (QED) is 0.601. The number of rotatable bonds is 4. The summed E-state index contributed by atoms with van der Waals surface area (Å²) in [6, 6.07) is 0. The molecule has 0 heterocycles. The maximum Gasteiger partial charge on any atom is 0.102 e. The molecule has 0 aromatic heterocycles. The van der Waals surface area contributed by atoms with Crippen molar-refractivity contribution >= 4 is 15.7 Å². The van der Waals surface area contributed by atoms with Crippen LogP contribution in [0.2, 0.25) is 12.6 Å². The van der Waals surface area contributed by atoms with Crippen LogP contribution >= 0.6 is 0 Å². The first-order valence-corrected chi connectivity index (χ1v) is 7.28. The summed E-state index contributed by atoms with van der Waals surface area (Å²) in [6.07, 6.45) is 7.60. The van der Waals surface area contributed by atoms with E-state index in [1.807, 2.05) is 0 Å². The fourth-order valence-electron chi connectivity index (χ4n) is 6.90. The Kier molecular flexibility index (Phi) is 1.45. The van der Waals surface area contributed by atoms with E-state index in [0.29, 0.717) is 0 Å². The van der Waals surface area contributed by atoms with Gasteiger partial charge in [0.2, 0.25) is 0 Å². The zero-order valence-electron chi connectivity index (χ0n) is 10.4. The zero-order chi connectivity index (χ0) is 10.4. The van der Waals surface area contributed by atoms with Gasteiger partial charge in [-0.25, -0.2) is 0 Å². The van der Waals surface area contributed by atoms with E-state index in [1.54, 1.807) is 12.8 Å². The third-order valence-electron chi connectivity index (χ3n) is 7.06. The smallest absolute Gasteiger partial charge is 0.0775 e. The van der Waals surface area contributed by atoms with Crippen LogP contribution in [0.3, 0.4) is 0 Å². The van der Waals surface area contributed by atoms with E-state index >= 15 is 0 Å². The van der Waals surface area contributed by atoms with Gasteiger partial charge in [0.25, 0.3) is 0 Å². The molecule has 15 heavy (non-hydrogen) atoms. The van der Waals surface area contributed by atoms with Gasteiger partial charge in [0.15, 0.2) is 0 Å². The zero-order valence-corrected chi connectivity index (χ0v) is 10.4. The van der Waals surface area contributed by atoms with Crippen LogP contribution in [-0.4, -0.2) is 15.7 Å². The molecule has 0 aliphatic heterocycles. The molecule has 80 valence electrons. The molecule has 4 aliphatic carbocycles. The summed E-state index contributed by atoms with van der Waals surface area (Å²) in [5, 5.41) is 0. The Morgan fingerprint density at radius 1 is 1.27 bits per heavy atom. The van der Waals surface area contributed by atoms with Crippen molar-refractivity contribution < 1.29 is 0 Å². The van der Waals surface area contributed by atoms with Crippen molar-refractivity contribution in [1.82, 2.24) is 0 Å². The Balaban J connectivity index is 1.71. The van der Waals surface area contributed by atoms with Crippen molar-refractivity contribution in [2.75, 3.05) is 0 Å². The van der Waals surface area contributed by atoms with Gasteiger partial charge in [-0.15, -0.1) is 0 Å². The third-order valence-corrected chi connectivity index (χ3v) is 7.06. The summed E-state index contributed by atoms with van der Waals surface area (Å²) < 4.78 is 0. The Labute approximate surface area is 95.4 Å².